The second-order valence-corrected chi connectivity index (χ2v) is 7.84. The molecule has 0 saturated heterocycles. The molecule has 6 rings (SSSR count). The van der Waals surface area contributed by atoms with Crippen molar-refractivity contribution in [2.24, 2.45) is 5.10 Å². The Bertz CT molecular complexity index is 1190. The predicted octanol–water partition coefficient (Wildman–Crippen LogP) is 4.69. The van der Waals surface area contributed by atoms with Crippen molar-refractivity contribution < 1.29 is 9.53 Å². The number of benzene rings is 3. The standard InChI is InChI=1S/C23H16ClN3O2/c24-15-11-9-14(10-12-15)19-13-20-16-5-1-4-8-21(16)29-23(27(20)26-19)17-6-2-3-7-18(17)25-22(23)28/h1-12,20H,13H2,(H,25,28)/t20-,23-/m1/s1. The van der Waals surface area contributed by atoms with E-state index in [0.29, 0.717) is 17.2 Å². The summed E-state index contributed by atoms with van der Waals surface area (Å²) in [6.07, 6.45) is 0.680. The van der Waals surface area contributed by atoms with E-state index in [4.69, 9.17) is 21.4 Å². The van der Waals surface area contributed by atoms with Crippen LogP contribution in [0.25, 0.3) is 0 Å². The summed E-state index contributed by atoms with van der Waals surface area (Å²) in [5, 5.41) is 10.4. The quantitative estimate of drug-likeness (QED) is 0.643. The molecule has 6 heteroatoms. The first-order valence-electron chi connectivity index (χ1n) is 9.48. The number of hydrogen-bond acceptors (Lipinski definition) is 4. The Balaban J connectivity index is 1.56. The van der Waals surface area contributed by atoms with Crippen molar-refractivity contribution in [3.8, 4) is 5.75 Å². The summed E-state index contributed by atoms with van der Waals surface area (Å²) >= 11 is 6.06. The number of ether oxygens (including phenoxy) is 1. The van der Waals surface area contributed by atoms with Gasteiger partial charge in [-0.1, -0.05) is 60.1 Å². The van der Waals surface area contributed by atoms with E-state index in [9.17, 15) is 4.79 Å². The third-order valence-corrected chi connectivity index (χ3v) is 6.05. The molecule has 1 amide bonds. The van der Waals surface area contributed by atoms with Gasteiger partial charge in [-0.2, -0.15) is 5.10 Å². The first-order valence-corrected chi connectivity index (χ1v) is 9.86. The van der Waals surface area contributed by atoms with Crippen molar-refractivity contribution >= 4 is 28.9 Å². The highest BCUT2D eigenvalue weighted by atomic mass is 35.5. The molecule has 0 fully saturated rings. The SMILES string of the molecule is O=C1Nc2ccccc2[C@@]12Oc1ccccc1[C@H]1CC(c3ccc(Cl)cc3)=NN12. The molecule has 3 aliphatic heterocycles. The van der Waals surface area contributed by atoms with Crippen molar-refractivity contribution in [2.75, 3.05) is 5.32 Å². The summed E-state index contributed by atoms with van der Waals surface area (Å²) in [5.74, 6) is 0.493. The van der Waals surface area contributed by atoms with E-state index < -0.39 is 5.72 Å². The van der Waals surface area contributed by atoms with Gasteiger partial charge < -0.3 is 10.1 Å². The van der Waals surface area contributed by atoms with Crippen molar-refractivity contribution in [3.05, 3.63) is 94.5 Å². The minimum Gasteiger partial charge on any atom is -0.453 e. The van der Waals surface area contributed by atoms with Gasteiger partial charge in [0.15, 0.2) is 0 Å². The topological polar surface area (TPSA) is 53.9 Å². The Hall–Kier alpha value is -3.31. The minimum absolute atomic E-state index is 0.0949. The maximum atomic E-state index is 13.3. The number of carbonyl (C=O) groups excluding carboxylic acids is 1. The molecule has 3 aliphatic rings. The van der Waals surface area contributed by atoms with Crippen LogP contribution in [0.5, 0.6) is 5.75 Å². The second kappa shape index (κ2) is 5.84. The molecule has 0 aromatic heterocycles. The van der Waals surface area contributed by atoms with E-state index in [1.54, 1.807) is 0 Å². The van der Waals surface area contributed by atoms with E-state index in [0.717, 1.165) is 28.1 Å². The minimum atomic E-state index is -1.32. The zero-order valence-electron chi connectivity index (χ0n) is 15.3. The third kappa shape index (κ3) is 2.22. The highest BCUT2D eigenvalue weighted by Crippen LogP contribution is 2.53. The maximum absolute atomic E-state index is 13.3. The lowest BCUT2D eigenvalue weighted by atomic mass is 9.92. The third-order valence-electron chi connectivity index (χ3n) is 5.79. The predicted molar refractivity (Wildman–Crippen MR) is 111 cm³/mol. The Morgan fingerprint density at radius 1 is 1.03 bits per heavy atom. The molecule has 0 bridgehead atoms. The van der Waals surface area contributed by atoms with Gasteiger partial charge in [-0.15, -0.1) is 0 Å². The zero-order chi connectivity index (χ0) is 19.6. The fourth-order valence-electron chi connectivity index (χ4n) is 4.46. The molecular formula is C23H16ClN3O2. The average molecular weight is 402 g/mol. The maximum Gasteiger partial charge on any atom is 0.306 e. The van der Waals surface area contributed by atoms with Crippen molar-refractivity contribution in [1.82, 2.24) is 5.01 Å². The summed E-state index contributed by atoms with van der Waals surface area (Å²) in [6.45, 7) is 0. The number of nitrogens with zero attached hydrogens (tertiary/aromatic N) is 2. The number of nitrogens with one attached hydrogen (secondary N) is 1. The molecule has 3 aromatic rings. The molecule has 29 heavy (non-hydrogen) atoms. The lowest BCUT2D eigenvalue weighted by Crippen LogP contribution is -2.55. The van der Waals surface area contributed by atoms with Gasteiger partial charge in [-0.05, 0) is 29.8 Å². The van der Waals surface area contributed by atoms with Gasteiger partial charge in [0.1, 0.15) is 5.75 Å². The van der Waals surface area contributed by atoms with Crippen molar-refractivity contribution in [3.63, 3.8) is 0 Å². The largest absolute Gasteiger partial charge is 0.453 e. The molecule has 3 heterocycles. The van der Waals surface area contributed by atoms with Gasteiger partial charge in [0.05, 0.1) is 23.0 Å². The number of fused-ring (bicyclic) bond motifs is 6. The number of rotatable bonds is 1. The summed E-state index contributed by atoms with van der Waals surface area (Å²) in [6, 6.07) is 23.0. The van der Waals surface area contributed by atoms with Crippen LogP contribution in [0, 0.1) is 0 Å². The van der Waals surface area contributed by atoms with Gasteiger partial charge >= 0.3 is 5.72 Å². The van der Waals surface area contributed by atoms with Gasteiger partial charge in [-0.3, -0.25) is 4.79 Å². The van der Waals surface area contributed by atoms with Crippen LogP contribution >= 0.6 is 11.6 Å². The molecule has 142 valence electrons. The molecule has 1 spiro atoms. The monoisotopic (exact) mass is 401 g/mol. The molecule has 0 radical (unpaired) electrons. The fraction of sp³-hybridized carbons (Fsp3) is 0.130. The van der Waals surface area contributed by atoms with Crippen LogP contribution in [0.15, 0.2) is 77.9 Å². The van der Waals surface area contributed by atoms with E-state index >= 15 is 0 Å². The van der Waals surface area contributed by atoms with E-state index in [-0.39, 0.29) is 11.9 Å². The smallest absolute Gasteiger partial charge is 0.306 e. The summed E-state index contributed by atoms with van der Waals surface area (Å²) < 4.78 is 6.42. The lowest BCUT2D eigenvalue weighted by molar-refractivity contribution is -0.161. The normalized spacial score (nSPS) is 23.8. The van der Waals surface area contributed by atoms with Crippen molar-refractivity contribution in [1.29, 1.82) is 0 Å². The molecular weight excluding hydrogens is 386 g/mol. The Labute approximate surface area is 172 Å². The second-order valence-electron chi connectivity index (χ2n) is 7.40. The van der Waals surface area contributed by atoms with Crippen LogP contribution in [-0.4, -0.2) is 16.6 Å². The number of hydrazone groups is 1. The molecule has 0 aliphatic carbocycles. The van der Waals surface area contributed by atoms with E-state index in [1.165, 1.54) is 0 Å². The fourth-order valence-corrected chi connectivity index (χ4v) is 4.59. The van der Waals surface area contributed by atoms with E-state index in [2.05, 4.69) is 5.32 Å². The Morgan fingerprint density at radius 3 is 2.66 bits per heavy atom. The molecule has 0 saturated carbocycles. The van der Waals surface area contributed by atoms with Crippen LogP contribution in [0.4, 0.5) is 5.69 Å². The number of hydrogen-bond donors (Lipinski definition) is 1. The first kappa shape index (κ1) is 16.6. The van der Waals surface area contributed by atoms with Gasteiger partial charge in [-0.25, -0.2) is 5.01 Å². The van der Waals surface area contributed by atoms with Gasteiger partial charge in [0.25, 0.3) is 5.91 Å². The molecule has 1 N–H and O–H groups in total. The Morgan fingerprint density at radius 2 is 1.79 bits per heavy atom. The van der Waals surface area contributed by atoms with Crippen LogP contribution in [-0.2, 0) is 10.5 Å². The van der Waals surface area contributed by atoms with Crippen LogP contribution in [0.1, 0.15) is 29.2 Å². The molecule has 3 aromatic carbocycles. The summed E-state index contributed by atoms with van der Waals surface area (Å²) in [7, 11) is 0. The molecule has 5 nitrogen and oxygen atoms in total. The van der Waals surface area contributed by atoms with Gasteiger partial charge in [0.2, 0.25) is 0 Å². The zero-order valence-corrected chi connectivity index (χ0v) is 16.1. The van der Waals surface area contributed by atoms with Gasteiger partial charge in [0, 0.05) is 17.0 Å². The highest BCUT2D eigenvalue weighted by molar-refractivity contribution is 6.30. The number of para-hydroxylation sites is 2. The first-order chi connectivity index (χ1) is 14.2. The number of amides is 1. The number of carbonyl (C=O) groups is 1. The summed E-state index contributed by atoms with van der Waals surface area (Å²) in [5.41, 5.74) is 3.15. The molecule has 0 unspecified atom stereocenters. The van der Waals surface area contributed by atoms with Crippen LogP contribution < -0.4 is 10.1 Å². The van der Waals surface area contributed by atoms with Crippen LogP contribution in [0.2, 0.25) is 5.02 Å². The average Bonchev–Trinajstić information content (AvgIpc) is 3.30. The summed E-state index contributed by atoms with van der Waals surface area (Å²) in [4.78, 5) is 13.3. The van der Waals surface area contributed by atoms with E-state index in [1.807, 2.05) is 77.8 Å². The van der Waals surface area contributed by atoms with Crippen molar-refractivity contribution in [2.45, 2.75) is 18.2 Å². The Kier molecular flexibility index (Phi) is 3.35. The number of anilines is 1. The number of halogens is 1. The molecule has 2 atom stereocenters. The lowest BCUT2D eigenvalue weighted by Gasteiger charge is -2.43. The van der Waals surface area contributed by atoms with Crippen LogP contribution in [0.3, 0.4) is 0 Å². The highest BCUT2D eigenvalue weighted by Gasteiger charge is 2.60.